The molecule has 5 rings (SSSR count). The van der Waals surface area contributed by atoms with Gasteiger partial charge in [-0.15, -0.1) is 0 Å². The van der Waals surface area contributed by atoms with Crippen LogP contribution in [-0.4, -0.2) is 78.4 Å². The summed E-state index contributed by atoms with van der Waals surface area (Å²) < 4.78 is 17.3. The first kappa shape index (κ1) is 23.6. The highest BCUT2D eigenvalue weighted by atomic mass is 16.6. The van der Waals surface area contributed by atoms with E-state index in [1.165, 1.54) is 4.90 Å². The van der Waals surface area contributed by atoms with E-state index in [1.54, 1.807) is 61.4 Å². The second kappa shape index (κ2) is 8.80. The number of nitrogens with zero attached hydrogens (tertiary/aromatic N) is 2. The molecule has 0 radical (unpaired) electrons. The average molecular weight is 483 g/mol. The van der Waals surface area contributed by atoms with Gasteiger partial charge in [-0.1, -0.05) is 18.2 Å². The summed E-state index contributed by atoms with van der Waals surface area (Å²) >= 11 is 0. The maximum absolute atomic E-state index is 14.2. The molecule has 0 aromatic heterocycles. The molecule has 4 aliphatic rings. The van der Waals surface area contributed by atoms with Crippen molar-refractivity contribution in [1.29, 1.82) is 0 Å². The fraction of sp³-hybridized carbons (Fsp3) is 0.500. The van der Waals surface area contributed by atoms with Gasteiger partial charge >= 0.3 is 5.97 Å². The third-order valence-electron chi connectivity index (χ3n) is 7.50. The van der Waals surface area contributed by atoms with Crippen molar-refractivity contribution >= 4 is 23.5 Å². The van der Waals surface area contributed by atoms with Crippen molar-refractivity contribution in [3.05, 3.63) is 48.6 Å². The van der Waals surface area contributed by atoms with Crippen molar-refractivity contribution < 1.29 is 33.7 Å². The number of carbonyl (C=O) groups is 3. The summed E-state index contributed by atoms with van der Waals surface area (Å²) in [7, 11) is 1.58. The molecule has 186 valence electrons. The van der Waals surface area contributed by atoms with E-state index in [-0.39, 0.29) is 31.6 Å². The monoisotopic (exact) mass is 482 g/mol. The molecule has 0 saturated carbocycles. The zero-order valence-electron chi connectivity index (χ0n) is 19.9. The van der Waals surface area contributed by atoms with Crippen molar-refractivity contribution in [2.75, 3.05) is 38.3 Å². The lowest BCUT2D eigenvalue weighted by Crippen LogP contribution is -2.56. The Morgan fingerprint density at radius 1 is 1.06 bits per heavy atom. The normalized spacial score (nSPS) is 33.7. The van der Waals surface area contributed by atoms with E-state index >= 15 is 0 Å². The number of aliphatic hydroxyl groups is 1. The minimum Gasteiger partial charge on any atom is -0.497 e. The summed E-state index contributed by atoms with van der Waals surface area (Å²) in [4.78, 5) is 44.3. The highest BCUT2D eigenvalue weighted by Gasteiger charge is 2.74. The van der Waals surface area contributed by atoms with Crippen molar-refractivity contribution in [3.63, 3.8) is 0 Å². The number of hydrogen-bond donors (Lipinski definition) is 1. The van der Waals surface area contributed by atoms with Crippen LogP contribution < -0.4 is 9.64 Å². The molecule has 2 amide bonds. The number of esters is 1. The second-order valence-electron chi connectivity index (χ2n) is 9.54. The number of amides is 2. The molecule has 4 aliphatic heterocycles. The number of anilines is 1. The number of cyclic esters (lactones) is 1. The minimum absolute atomic E-state index is 0.0125. The van der Waals surface area contributed by atoms with Crippen LogP contribution >= 0.6 is 0 Å². The maximum Gasteiger partial charge on any atom is 0.313 e. The second-order valence-corrected chi connectivity index (χ2v) is 9.54. The van der Waals surface area contributed by atoms with Crippen LogP contribution in [0.2, 0.25) is 0 Å². The third kappa shape index (κ3) is 3.56. The van der Waals surface area contributed by atoms with Crippen molar-refractivity contribution in [3.8, 4) is 5.75 Å². The van der Waals surface area contributed by atoms with Crippen LogP contribution in [0.15, 0.2) is 48.6 Å². The van der Waals surface area contributed by atoms with E-state index in [1.807, 2.05) is 6.08 Å². The summed E-state index contributed by atoms with van der Waals surface area (Å²) in [5.74, 6) is -2.18. The van der Waals surface area contributed by atoms with Gasteiger partial charge in [-0.2, -0.15) is 0 Å². The molecule has 35 heavy (non-hydrogen) atoms. The molecule has 4 heterocycles. The van der Waals surface area contributed by atoms with Crippen LogP contribution in [-0.2, 0) is 23.9 Å². The number of carbonyl (C=O) groups excluding carboxylic acids is 3. The van der Waals surface area contributed by atoms with Crippen LogP contribution in [0.25, 0.3) is 0 Å². The lowest BCUT2D eigenvalue weighted by atomic mass is 9.75. The van der Waals surface area contributed by atoms with Gasteiger partial charge in [0.05, 0.1) is 18.6 Å². The Morgan fingerprint density at radius 2 is 1.83 bits per heavy atom. The molecule has 1 spiro atoms. The molecule has 1 aromatic carbocycles. The van der Waals surface area contributed by atoms with Crippen LogP contribution in [0, 0.1) is 11.8 Å². The number of aliphatic hydroxyl groups excluding tert-OH is 1. The van der Waals surface area contributed by atoms with Gasteiger partial charge in [0.2, 0.25) is 5.91 Å². The Kier molecular flexibility index (Phi) is 5.93. The molecule has 9 nitrogen and oxygen atoms in total. The molecule has 5 atom stereocenters. The lowest BCUT2D eigenvalue weighted by Gasteiger charge is -2.37. The van der Waals surface area contributed by atoms with E-state index in [0.29, 0.717) is 30.8 Å². The number of rotatable bonds is 6. The van der Waals surface area contributed by atoms with Gasteiger partial charge < -0.3 is 29.1 Å². The zero-order valence-corrected chi connectivity index (χ0v) is 19.9. The summed E-state index contributed by atoms with van der Waals surface area (Å²) in [6.07, 6.45) is 8.15. The molecule has 0 aliphatic carbocycles. The lowest BCUT2D eigenvalue weighted by molar-refractivity contribution is -0.156. The standard InChI is InChI=1S/C26H30N2O7/c1-25-11-6-16-34-24(32)20(25)19-22(30)28(13-3-4-15-29)21-23(31)27(14-5-12-26(19,21)35-25)17-7-9-18(33-2)10-8-17/h5-12,19-21,29H,3-4,13-16H2,1-2H3/t19-,20+,21?,25-,26-/m0/s1. The first-order valence-corrected chi connectivity index (χ1v) is 12.0. The van der Waals surface area contributed by atoms with Crippen molar-refractivity contribution in [2.24, 2.45) is 11.8 Å². The predicted molar refractivity (Wildman–Crippen MR) is 126 cm³/mol. The summed E-state index contributed by atoms with van der Waals surface area (Å²) in [6.45, 7) is 2.45. The van der Waals surface area contributed by atoms with Gasteiger partial charge in [0.25, 0.3) is 5.91 Å². The number of hydrogen-bond acceptors (Lipinski definition) is 7. The molecule has 2 fully saturated rings. The molecule has 1 unspecified atom stereocenters. The summed E-state index contributed by atoms with van der Waals surface area (Å²) in [5, 5.41) is 9.29. The highest BCUT2D eigenvalue weighted by Crippen LogP contribution is 2.57. The quantitative estimate of drug-likeness (QED) is 0.372. The topological polar surface area (TPSA) is 106 Å². The van der Waals surface area contributed by atoms with E-state index < -0.39 is 35.0 Å². The van der Waals surface area contributed by atoms with E-state index in [4.69, 9.17) is 14.2 Å². The van der Waals surface area contributed by atoms with Gasteiger partial charge in [-0.3, -0.25) is 14.4 Å². The Balaban J connectivity index is 1.60. The first-order valence-electron chi connectivity index (χ1n) is 12.0. The largest absolute Gasteiger partial charge is 0.497 e. The third-order valence-corrected chi connectivity index (χ3v) is 7.50. The number of benzene rings is 1. The molecular weight excluding hydrogens is 452 g/mol. The molecule has 0 bridgehead atoms. The van der Waals surface area contributed by atoms with Gasteiger partial charge in [0.15, 0.2) is 0 Å². The summed E-state index contributed by atoms with van der Waals surface area (Å²) in [6, 6.07) is 6.20. The van der Waals surface area contributed by atoms with Gasteiger partial charge in [0.1, 0.15) is 29.9 Å². The molecule has 9 heteroatoms. The number of ether oxygens (including phenoxy) is 3. The van der Waals surface area contributed by atoms with E-state index in [2.05, 4.69) is 0 Å². The van der Waals surface area contributed by atoms with Gasteiger partial charge in [0, 0.05) is 25.4 Å². The number of methoxy groups -OCH3 is 1. The first-order chi connectivity index (χ1) is 16.9. The number of fused-ring (bicyclic) bond motifs is 2. The van der Waals surface area contributed by atoms with Crippen LogP contribution in [0.5, 0.6) is 5.75 Å². The molecule has 1 N–H and O–H groups in total. The van der Waals surface area contributed by atoms with E-state index in [0.717, 1.165) is 0 Å². The fourth-order valence-electron chi connectivity index (χ4n) is 5.98. The van der Waals surface area contributed by atoms with E-state index in [9.17, 15) is 19.5 Å². The molecular formula is C26H30N2O7. The van der Waals surface area contributed by atoms with Gasteiger partial charge in [-0.05, 0) is 50.1 Å². The number of unbranched alkanes of at least 4 members (excludes halogenated alkanes) is 1. The van der Waals surface area contributed by atoms with Crippen molar-refractivity contribution in [2.45, 2.75) is 37.0 Å². The van der Waals surface area contributed by atoms with Crippen LogP contribution in [0.3, 0.4) is 0 Å². The molecule has 1 aromatic rings. The smallest absolute Gasteiger partial charge is 0.313 e. The molecule has 2 saturated heterocycles. The summed E-state index contributed by atoms with van der Waals surface area (Å²) in [5.41, 5.74) is -1.72. The predicted octanol–water partition coefficient (Wildman–Crippen LogP) is 1.45. The number of likely N-dealkylation sites (tertiary alicyclic amines) is 1. The zero-order chi connectivity index (χ0) is 24.8. The maximum atomic E-state index is 14.2. The Hall–Kier alpha value is -3.17. The Bertz CT molecular complexity index is 1080. The Morgan fingerprint density at radius 3 is 2.54 bits per heavy atom. The SMILES string of the molecule is COc1ccc(N2CC=C[C@]34O[C@@]5(C)C=CCOC(=O)[C@H]5[C@H]3C(=O)N(CCCCO)C4C2=O)cc1. The fourth-order valence-corrected chi connectivity index (χ4v) is 5.98. The van der Waals surface area contributed by atoms with Crippen molar-refractivity contribution in [1.82, 2.24) is 4.90 Å². The van der Waals surface area contributed by atoms with Crippen LogP contribution in [0.4, 0.5) is 5.69 Å². The Labute approximate surface area is 203 Å². The average Bonchev–Trinajstić information content (AvgIpc) is 3.10. The van der Waals surface area contributed by atoms with Crippen LogP contribution in [0.1, 0.15) is 19.8 Å². The highest BCUT2D eigenvalue weighted by molar-refractivity contribution is 6.05. The minimum atomic E-state index is -1.31. The van der Waals surface area contributed by atoms with Gasteiger partial charge in [-0.25, -0.2) is 0 Å².